The highest BCUT2D eigenvalue weighted by Gasteiger charge is 2.27. The van der Waals surface area contributed by atoms with Gasteiger partial charge in [0, 0.05) is 36.7 Å². The molecule has 9 heteroatoms. The Morgan fingerprint density at radius 2 is 2.04 bits per heavy atom. The summed E-state index contributed by atoms with van der Waals surface area (Å²) in [5.74, 6) is 0.907. The second-order valence-corrected chi connectivity index (χ2v) is 7.26. The van der Waals surface area contributed by atoms with Crippen LogP contribution in [0, 0.1) is 0 Å². The lowest BCUT2D eigenvalue weighted by Gasteiger charge is -2.29. The van der Waals surface area contributed by atoms with E-state index in [0.717, 1.165) is 35.1 Å². The maximum atomic E-state index is 11.6. The number of hydrogen-bond acceptors (Lipinski definition) is 7. The van der Waals surface area contributed by atoms with Gasteiger partial charge in [-0.25, -0.2) is 4.79 Å². The van der Waals surface area contributed by atoms with E-state index in [1.807, 2.05) is 29.2 Å². The summed E-state index contributed by atoms with van der Waals surface area (Å²) < 4.78 is 17.7. The molecular weight excluding hydrogens is 362 g/mol. The Morgan fingerprint density at radius 1 is 1.21 bits per heavy atom. The molecule has 146 valence electrons. The van der Waals surface area contributed by atoms with Gasteiger partial charge in [-0.1, -0.05) is 5.16 Å². The number of piperidine rings is 1. The van der Waals surface area contributed by atoms with Crippen molar-refractivity contribution in [2.75, 3.05) is 33.4 Å². The summed E-state index contributed by atoms with van der Waals surface area (Å²) in [6.45, 7) is 2.69. The van der Waals surface area contributed by atoms with E-state index in [-0.39, 0.29) is 18.1 Å². The Labute approximate surface area is 161 Å². The fourth-order valence-corrected chi connectivity index (χ4v) is 3.82. The summed E-state index contributed by atoms with van der Waals surface area (Å²) in [6, 6.07) is 4.22. The van der Waals surface area contributed by atoms with Gasteiger partial charge in [0.15, 0.2) is 5.76 Å². The molecule has 2 aliphatic rings. The zero-order valence-electron chi connectivity index (χ0n) is 15.6. The van der Waals surface area contributed by atoms with E-state index in [1.165, 1.54) is 7.11 Å². The molecule has 0 aliphatic carbocycles. The molecule has 0 radical (unpaired) electrons. The lowest BCUT2D eigenvalue weighted by atomic mass is 9.93. The third-order valence-corrected chi connectivity index (χ3v) is 5.57. The van der Waals surface area contributed by atoms with Gasteiger partial charge in [-0.3, -0.25) is 9.67 Å². The van der Waals surface area contributed by atoms with Gasteiger partial charge in [-0.05, 0) is 18.9 Å². The summed E-state index contributed by atoms with van der Waals surface area (Å²) in [7, 11) is 1.41. The first kappa shape index (κ1) is 17.2. The van der Waals surface area contributed by atoms with Crippen LogP contribution in [0.5, 0.6) is 0 Å². The molecule has 0 unspecified atom stereocenters. The summed E-state index contributed by atoms with van der Waals surface area (Å²) in [4.78, 5) is 17.9. The first-order valence-corrected chi connectivity index (χ1v) is 9.44. The molecule has 3 aromatic heterocycles. The summed E-state index contributed by atoms with van der Waals surface area (Å²) in [6.07, 6.45) is 5.03. The smallest absolute Gasteiger partial charge is 0.409 e. The van der Waals surface area contributed by atoms with Crippen molar-refractivity contribution in [3.05, 3.63) is 30.2 Å². The monoisotopic (exact) mass is 383 g/mol. The van der Waals surface area contributed by atoms with Crippen molar-refractivity contribution in [3.63, 3.8) is 0 Å². The van der Waals surface area contributed by atoms with Crippen LogP contribution >= 0.6 is 0 Å². The zero-order chi connectivity index (χ0) is 19.1. The average Bonchev–Trinajstić information content (AvgIpc) is 3.34. The van der Waals surface area contributed by atoms with Gasteiger partial charge in [-0.2, -0.15) is 5.10 Å². The van der Waals surface area contributed by atoms with Crippen LogP contribution in [-0.2, 0) is 9.47 Å². The van der Waals surface area contributed by atoms with E-state index in [0.29, 0.717) is 32.1 Å². The number of pyridine rings is 1. The molecule has 28 heavy (non-hydrogen) atoms. The molecule has 5 rings (SSSR count). The number of likely N-dealkylation sites (tertiary alicyclic amines) is 1. The molecule has 1 amide bonds. The first-order valence-electron chi connectivity index (χ1n) is 9.44. The predicted molar refractivity (Wildman–Crippen MR) is 98.8 cm³/mol. The topological polar surface area (TPSA) is 95.5 Å². The van der Waals surface area contributed by atoms with Crippen molar-refractivity contribution in [3.8, 4) is 11.5 Å². The predicted octanol–water partition coefficient (Wildman–Crippen LogP) is 2.60. The first-order chi connectivity index (χ1) is 13.7. The van der Waals surface area contributed by atoms with E-state index < -0.39 is 0 Å². The Bertz CT molecular complexity index is 1000. The maximum Gasteiger partial charge on any atom is 0.409 e. The highest BCUT2D eigenvalue weighted by Crippen LogP contribution is 2.31. The van der Waals surface area contributed by atoms with Gasteiger partial charge >= 0.3 is 6.09 Å². The van der Waals surface area contributed by atoms with Gasteiger partial charge in [0.05, 0.1) is 43.8 Å². The number of fused-ring (bicyclic) bond motifs is 1. The summed E-state index contributed by atoms with van der Waals surface area (Å²) >= 11 is 0. The molecule has 0 N–H and O–H groups in total. The van der Waals surface area contributed by atoms with Crippen LogP contribution < -0.4 is 0 Å². The molecule has 0 aromatic carbocycles. The van der Waals surface area contributed by atoms with Crippen molar-refractivity contribution in [2.24, 2.45) is 0 Å². The minimum Gasteiger partial charge on any atom is -0.453 e. The van der Waals surface area contributed by atoms with Gasteiger partial charge < -0.3 is 18.9 Å². The molecule has 2 fully saturated rings. The fraction of sp³-hybridized carbons (Fsp3) is 0.474. The lowest BCUT2D eigenvalue weighted by Crippen LogP contribution is -2.37. The molecule has 0 saturated carbocycles. The van der Waals surface area contributed by atoms with Crippen molar-refractivity contribution in [1.82, 2.24) is 24.8 Å². The van der Waals surface area contributed by atoms with Crippen LogP contribution in [0.3, 0.4) is 0 Å². The van der Waals surface area contributed by atoms with Crippen LogP contribution in [-0.4, -0.2) is 64.3 Å². The number of carbonyl (C=O) groups excluding carboxylic acids is 1. The maximum absolute atomic E-state index is 11.6. The number of carbonyl (C=O) groups is 1. The van der Waals surface area contributed by atoms with E-state index in [9.17, 15) is 4.79 Å². The van der Waals surface area contributed by atoms with Crippen molar-refractivity contribution in [2.45, 2.75) is 24.8 Å². The molecular formula is C19H21N5O4. The van der Waals surface area contributed by atoms with Crippen LogP contribution in [0.25, 0.3) is 22.4 Å². The Hall–Kier alpha value is -2.94. The minimum absolute atomic E-state index is 0.264. The standard InChI is InChI=1S/C19H21N5O4/c1-26-19(25)23-4-2-12(3-5-23)15-7-18(28-22-15)16-6-17-13(8-20-16)9-21-24(17)14-10-27-11-14/h6-9,12,14H,2-5,10-11H2,1H3. The van der Waals surface area contributed by atoms with Gasteiger partial charge in [0.25, 0.3) is 0 Å². The van der Waals surface area contributed by atoms with Crippen LogP contribution in [0.4, 0.5) is 4.79 Å². The number of rotatable bonds is 3. The molecule has 5 heterocycles. The van der Waals surface area contributed by atoms with Gasteiger partial charge in [0.1, 0.15) is 5.69 Å². The third-order valence-electron chi connectivity index (χ3n) is 5.57. The summed E-state index contributed by atoms with van der Waals surface area (Å²) in [5.41, 5.74) is 2.66. The number of ether oxygens (including phenoxy) is 2. The highest BCUT2D eigenvalue weighted by molar-refractivity contribution is 5.81. The third kappa shape index (κ3) is 2.91. The highest BCUT2D eigenvalue weighted by atomic mass is 16.5. The lowest BCUT2D eigenvalue weighted by molar-refractivity contribution is -0.0266. The second kappa shape index (κ2) is 6.90. The number of aromatic nitrogens is 4. The fourth-order valence-electron chi connectivity index (χ4n) is 3.82. The normalized spacial score (nSPS) is 18.4. The van der Waals surface area contributed by atoms with E-state index in [2.05, 4.69) is 15.2 Å². The SMILES string of the molecule is COC(=O)N1CCC(c2cc(-c3cc4c(cn3)cnn4C3COC3)on2)CC1. The van der Waals surface area contributed by atoms with Crippen LogP contribution in [0.1, 0.15) is 30.5 Å². The number of nitrogens with zero attached hydrogens (tertiary/aromatic N) is 5. The van der Waals surface area contributed by atoms with Crippen molar-refractivity contribution < 1.29 is 18.8 Å². The molecule has 3 aromatic rings. The largest absolute Gasteiger partial charge is 0.453 e. The van der Waals surface area contributed by atoms with E-state index >= 15 is 0 Å². The molecule has 0 atom stereocenters. The second-order valence-electron chi connectivity index (χ2n) is 7.26. The van der Waals surface area contributed by atoms with E-state index in [4.69, 9.17) is 14.0 Å². The van der Waals surface area contributed by atoms with Crippen LogP contribution in [0.2, 0.25) is 0 Å². The summed E-state index contributed by atoms with van der Waals surface area (Å²) in [5, 5.41) is 9.73. The molecule has 0 bridgehead atoms. The number of hydrogen-bond donors (Lipinski definition) is 0. The van der Waals surface area contributed by atoms with Crippen LogP contribution in [0.15, 0.2) is 29.0 Å². The number of amides is 1. The molecule has 0 spiro atoms. The Morgan fingerprint density at radius 3 is 2.75 bits per heavy atom. The minimum atomic E-state index is -0.273. The zero-order valence-corrected chi connectivity index (χ0v) is 15.6. The van der Waals surface area contributed by atoms with Gasteiger partial charge in [0.2, 0.25) is 0 Å². The number of methoxy groups -OCH3 is 1. The Kier molecular flexibility index (Phi) is 4.23. The van der Waals surface area contributed by atoms with Crippen molar-refractivity contribution in [1.29, 1.82) is 0 Å². The molecule has 2 saturated heterocycles. The Balaban J connectivity index is 1.35. The quantitative estimate of drug-likeness (QED) is 0.686. The van der Waals surface area contributed by atoms with Crippen molar-refractivity contribution >= 4 is 17.0 Å². The average molecular weight is 383 g/mol. The van der Waals surface area contributed by atoms with E-state index in [1.54, 1.807) is 4.90 Å². The molecule has 2 aliphatic heterocycles. The molecule has 9 nitrogen and oxygen atoms in total. The van der Waals surface area contributed by atoms with Gasteiger partial charge in [-0.15, -0.1) is 0 Å².